The molecule has 0 saturated carbocycles. The van der Waals surface area contributed by atoms with Crippen LogP contribution in [0.2, 0.25) is 0 Å². The van der Waals surface area contributed by atoms with E-state index in [1.807, 2.05) is 12.4 Å². The maximum Gasteiger partial charge on any atom is 0.0600 e. The molecule has 3 heteroatoms. The van der Waals surface area contributed by atoms with Crippen molar-refractivity contribution in [2.45, 2.75) is 25.3 Å². The third kappa shape index (κ3) is 1.98. The fourth-order valence-corrected chi connectivity index (χ4v) is 3.36. The zero-order valence-corrected chi connectivity index (χ0v) is 11.5. The van der Waals surface area contributed by atoms with Gasteiger partial charge < -0.3 is 10.2 Å². The molecule has 0 radical (unpaired) electrons. The van der Waals surface area contributed by atoms with Crippen molar-refractivity contribution < 1.29 is 0 Å². The van der Waals surface area contributed by atoms with Crippen molar-refractivity contribution in [2.24, 2.45) is 0 Å². The number of nitrogens with one attached hydrogen (secondary N) is 1. The molecule has 4 rings (SSSR count). The van der Waals surface area contributed by atoms with E-state index >= 15 is 0 Å². The van der Waals surface area contributed by atoms with Crippen molar-refractivity contribution >= 4 is 11.4 Å². The molecule has 1 N–H and O–H groups in total. The molecule has 2 aromatic rings. The summed E-state index contributed by atoms with van der Waals surface area (Å²) in [6, 6.07) is 11.5. The number of para-hydroxylation sites is 1. The monoisotopic (exact) mass is 265 g/mol. The van der Waals surface area contributed by atoms with Crippen LogP contribution in [0.25, 0.3) is 0 Å². The van der Waals surface area contributed by atoms with Gasteiger partial charge in [-0.2, -0.15) is 0 Å². The topological polar surface area (TPSA) is 28.2 Å². The summed E-state index contributed by atoms with van der Waals surface area (Å²) in [6.45, 7) is 2.18. The summed E-state index contributed by atoms with van der Waals surface area (Å²) in [7, 11) is 0. The Kier molecular flexibility index (Phi) is 2.92. The highest BCUT2D eigenvalue weighted by Gasteiger charge is 2.22. The van der Waals surface area contributed by atoms with Gasteiger partial charge >= 0.3 is 0 Å². The Hall–Kier alpha value is -1.87. The molecule has 0 spiro atoms. The van der Waals surface area contributed by atoms with Gasteiger partial charge in [0.15, 0.2) is 0 Å². The molecular weight excluding hydrogens is 246 g/mol. The standard InChI is InChI=1S/C17H19N3/c1-2-6-17-13(4-1)7-9-20(17)15-10-14(11-18-12-15)16-5-3-8-19-16/h1-2,4,6,10-12,16,19H,3,5,7-9H2/t16-/m0/s1. The number of pyridine rings is 1. The van der Waals surface area contributed by atoms with Crippen molar-refractivity contribution in [2.75, 3.05) is 18.0 Å². The van der Waals surface area contributed by atoms with E-state index in [2.05, 4.69) is 45.5 Å². The van der Waals surface area contributed by atoms with E-state index in [-0.39, 0.29) is 0 Å². The molecule has 0 amide bonds. The Morgan fingerprint density at radius 3 is 3.05 bits per heavy atom. The normalized spacial score (nSPS) is 21.2. The number of anilines is 2. The molecule has 1 aromatic heterocycles. The van der Waals surface area contributed by atoms with E-state index in [0.29, 0.717) is 6.04 Å². The van der Waals surface area contributed by atoms with E-state index in [4.69, 9.17) is 0 Å². The Balaban J connectivity index is 1.68. The molecule has 2 aliphatic heterocycles. The highest BCUT2D eigenvalue weighted by Crippen LogP contribution is 2.35. The second-order valence-corrected chi connectivity index (χ2v) is 5.66. The average Bonchev–Trinajstić information content (AvgIpc) is 3.17. The lowest BCUT2D eigenvalue weighted by Gasteiger charge is -2.21. The number of rotatable bonds is 2. The van der Waals surface area contributed by atoms with E-state index < -0.39 is 0 Å². The molecule has 0 unspecified atom stereocenters. The van der Waals surface area contributed by atoms with Crippen LogP contribution >= 0.6 is 0 Å². The molecule has 1 aromatic carbocycles. The fourth-order valence-electron chi connectivity index (χ4n) is 3.36. The lowest BCUT2D eigenvalue weighted by atomic mass is 10.1. The maximum atomic E-state index is 4.47. The van der Waals surface area contributed by atoms with Crippen molar-refractivity contribution in [1.82, 2.24) is 10.3 Å². The van der Waals surface area contributed by atoms with E-state index in [0.717, 1.165) is 19.5 Å². The number of benzene rings is 1. The predicted octanol–water partition coefficient (Wildman–Crippen LogP) is 3.20. The van der Waals surface area contributed by atoms with E-state index in [1.165, 1.54) is 35.3 Å². The zero-order chi connectivity index (χ0) is 13.4. The molecule has 2 aliphatic rings. The van der Waals surface area contributed by atoms with Gasteiger partial charge in [0.25, 0.3) is 0 Å². The zero-order valence-electron chi connectivity index (χ0n) is 11.5. The van der Waals surface area contributed by atoms with Crippen LogP contribution in [-0.4, -0.2) is 18.1 Å². The van der Waals surface area contributed by atoms with Gasteiger partial charge in [0.2, 0.25) is 0 Å². The molecule has 1 fully saturated rings. The second-order valence-electron chi connectivity index (χ2n) is 5.66. The van der Waals surface area contributed by atoms with Gasteiger partial charge in [-0.1, -0.05) is 18.2 Å². The van der Waals surface area contributed by atoms with Gasteiger partial charge in [0, 0.05) is 24.5 Å². The van der Waals surface area contributed by atoms with Crippen LogP contribution in [-0.2, 0) is 6.42 Å². The lowest BCUT2D eigenvalue weighted by Crippen LogP contribution is -2.16. The van der Waals surface area contributed by atoms with Gasteiger partial charge in [0.1, 0.15) is 0 Å². The summed E-state index contributed by atoms with van der Waals surface area (Å²) >= 11 is 0. The lowest BCUT2D eigenvalue weighted by molar-refractivity contribution is 0.645. The summed E-state index contributed by atoms with van der Waals surface area (Å²) in [5.41, 5.74) is 5.33. The second kappa shape index (κ2) is 4.91. The summed E-state index contributed by atoms with van der Waals surface area (Å²) in [5, 5.41) is 3.55. The van der Waals surface area contributed by atoms with Gasteiger partial charge in [-0.25, -0.2) is 0 Å². The van der Waals surface area contributed by atoms with Crippen molar-refractivity contribution in [1.29, 1.82) is 0 Å². The van der Waals surface area contributed by atoms with Crippen molar-refractivity contribution in [3.63, 3.8) is 0 Å². The average molecular weight is 265 g/mol. The summed E-state index contributed by atoms with van der Waals surface area (Å²) in [5.74, 6) is 0. The maximum absolute atomic E-state index is 4.47. The Bertz CT molecular complexity index is 617. The molecule has 1 atom stereocenters. The minimum Gasteiger partial charge on any atom is -0.340 e. The van der Waals surface area contributed by atoms with E-state index in [1.54, 1.807) is 0 Å². The highest BCUT2D eigenvalue weighted by atomic mass is 15.2. The van der Waals surface area contributed by atoms with Crippen molar-refractivity contribution in [3.8, 4) is 0 Å². The van der Waals surface area contributed by atoms with Crippen LogP contribution in [0.4, 0.5) is 11.4 Å². The molecule has 3 heterocycles. The molecule has 0 aliphatic carbocycles. The first-order valence-electron chi connectivity index (χ1n) is 7.45. The molecule has 20 heavy (non-hydrogen) atoms. The number of hydrogen-bond donors (Lipinski definition) is 1. The van der Waals surface area contributed by atoms with Gasteiger partial charge in [-0.05, 0) is 49.1 Å². The fraction of sp³-hybridized carbons (Fsp3) is 0.353. The van der Waals surface area contributed by atoms with Crippen molar-refractivity contribution in [3.05, 3.63) is 53.9 Å². The van der Waals surface area contributed by atoms with Crippen LogP contribution < -0.4 is 10.2 Å². The largest absolute Gasteiger partial charge is 0.340 e. The summed E-state index contributed by atoms with van der Waals surface area (Å²) < 4.78 is 0. The van der Waals surface area contributed by atoms with Crippen LogP contribution in [0, 0.1) is 0 Å². The minimum absolute atomic E-state index is 0.486. The van der Waals surface area contributed by atoms with Gasteiger partial charge in [0.05, 0.1) is 11.9 Å². The molecule has 1 saturated heterocycles. The Morgan fingerprint density at radius 2 is 2.15 bits per heavy atom. The molecule has 3 nitrogen and oxygen atoms in total. The Morgan fingerprint density at radius 1 is 1.20 bits per heavy atom. The molecule has 0 bridgehead atoms. The third-order valence-electron chi connectivity index (χ3n) is 4.41. The number of hydrogen-bond acceptors (Lipinski definition) is 3. The SMILES string of the molecule is c1ccc2c(c1)CCN2c1cncc([C@@H]2CCCN2)c1. The summed E-state index contributed by atoms with van der Waals surface area (Å²) in [4.78, 5) is 6.85. The third-order valence-corrected chi connectivity index (χ3v) is 4.41. The number of nitrogens with zero attached hydrogens (tertiary/aromatic N) is 2. The quantitative estimate of drug-likeness (QED) is 0.903. The number of aromatic nitrogens is 1. The van der Waals surface area contributed by atoms with Gasteiger partial charge in [-0.15, -0.1) is 0 Å². The Labute approximate surface area is 119 Å². The van der Waals surface area contributed by atoms with Crippen LogP contribution in [0.15, 0.2) is 42.7 Å². The van der Waals surface area contributed by atoms with E-state index in [9.17, 15) is 0 Å². The first kappa shape index (κ1) is 11.9. The summed E-state index contributed by atoms with van der Waals surface area (Å²) in [6.07, 6.45) is 7.61. The molecule has 102 valence electrons. The van der Waals surface area contributed by atoms with Gasteiger partial charge in [-0.3, -0.25) is 4.98 Å². The number of fused-ring (bicyclic) bond motifs is 1. The first-order chi connectivity index (χ1) is 9.92. The highest BCUT2D eigenvalue weighted by molar-refractivity contribution is 5.69. The van der Waals surface area contributed by atoms with Crippen LogP contribution in [0.5, 0.6) is 0 Å². The first-order valence-corrected chi connectivity index (χ1v) is 7.45. The predicted molar refractivity (Wildman–Crippen MR) is 81.4 cm³/mol. The van der Waals surface area contributed by atoms with Crippen LogP contribution in [0.3, 0.4) is 0 Å². The smallest absolute Gasteiger partial charge is 0.0600 e. The molecular formula is C17H19N3. The minimum atomic E-state index is 0.486. The van der Waals surface area contributed by atoms with Crippen LogP contribution in [0.1, 0.15) is 30.0 Å².